The molecule has 0 saturated heterocycles. The predicted octanol–water partition coefficient (Wildman–Crippen LogP) is 4.40. The molecule has 3 rings (SSSR count). The first-order valence-electron chi connectivity index (χ1n) is 8.03. The first-order valence-corrected chi connectivity index (χ1v) is 9.02. The highest BCUT2D eigenvalue weighted by molar-refractivity contribution is 7.99. The zero-order valence-electron chi connectivity index (χ0n) is 13.8. The third-order valence-corrected chi connectivity index (χ3v) is 4.84. The first-order chi connectivity index (χ1) is 12.2. The number of hydrogen-bond acceptors (Lipinski definition) is 5. The van der Waals surface area contributed by atoms with E-state index in [0.717, 1.165) is 34.3 Å². The second-order valence-electron chi connectivity index (χ2n) is 5.53. The average Bonchev–Trinajstić information content (AvgIpc) is 3.03. The third kappa shape index (κ3) is 4.06. The number of rotatable bonds is 7. The zero-order valence-corrected chi connectivity index (χ0v) is 14.6. The average molecular weight is 354 g/mol. The van der Waals surface area contributed by atoms with Gasteiger partial charge in [-0.2, -0.15) is 0 Å². The summed E-state index contributed by atoms with van der Waals surface area (Å²) in [7, 11) is 0. The van der Waals surface area contributed by atoms with Gasteiger partial charge in [0.05, 0.1) is 11.5 Å². The van der Waals surface area contributed by atoms with Crippen molar-refractivity contribution in [1.82, 2.24) is 14.8 Å². The van der Waals surface area contributed by atoms with E-state index < -0.39 is 0 Å². The molecule has 0 aliphatic rings. The molecule has 0 radical (unpaired) electrons. The lowest BCUT2D eigenvalue weighted by Crippen LogP contribution is -2.04. The molecular weight excluding hydrogens is 336 g/mol. The largest absolute Gasteiger partial charge is 0.298 e. The van der Waals surface area contributed by atoms with E-state index in [1.807, 2.05) is 30.3 Å². The summed E-state index contributed by atoms with van der Waals surface area (Å²) in [6.45, 7) is 2.70. The van der Waals surface area contributed by atoms with Crippen LogP contribution in [-0.4, -0.2) is 25.4 Å². The predicted molar refractivity (Wildman–Crippen MR) is 98.7 cm³/mol. The third-order valence-electron chi connectivity index (χ3n) is 3.67. The van der Waals surface area contributed by atoms with Gasteiger partial charge < -0.3 is 0 Å². The second-order valence-corrected chi connectivity index (χ2v) is 6.59. The van der Waals surface area contributed by atoms with Gasteiger partial charge in [-0.05, 0) is 12.0 Å². The van der Waals surface area contributed by atoms with Crippen LogP contribution in [0.25, 0.3) is 11.4 Å². The van der Waals surface area contributed by atoms with Gasteiger partial charge in [0.2, 0.25) is 0 Å². The molecule has 0 atom stereocenters. The smallest absolute Gasteiger partial charge is 0.269 e. The highest BCUT2D eigenvalue weighted by atomic mass is 32.2. The molecule has 0 aliphatic heterocycles. The molecule has 1 aromatic heterocycles. The van der Waals surface area contributed by atoms with Gasteiger partial charge in [0.15, 0.2) is 11.0 Å². The van der Waals surface area contributed by atoms with Gasteiger partial charge in [-0.1, -0.05) is 61.2 Å². The van der Waals surface area contributed by atoms with Crippen molar-refractivity contribution in [2.24, 2.45) is 0 Å². The van der Waals surface area contributed by atoms with E-state index in [2.05, 4.69) is 21.7 Å². The molecule has 0 spiro atoms. The molecule has 6 nitrogen and oxygen atoms in total. The Balaban J connectivity index is 1.94. The normalized spacial score (nSPS) is 10.8. The minimum atomic E-state index is -0.388. The molecule has 0 unspecified atom stereocenters. The highest BCUT2D eigenvalue weighted by Crippen LogP contribution is 2.25. The Kier molecular flexibility index (Phi) is 5.45. The molecule has 7 heteroatoms. The Bertz CT molecular complexity index is 847. The van der Waals surface area contributed by atoms with Gasteiger partial charge in [-0.25, -0.2) is 0 Å². The summed E-state index contributed by atoms with van der Waals surface area (Å²) in [6.07, 6.45) is 1.05. The van der Waals surface area contributed by atoms with Crippen LogP contribution in [0.3, 0.4) is 0 Å². The number of thioether (sulfide) groups is 1. The lowest BCUT2D eigenvalue weighted by Gasteiger charge is -2.10. The first kappa shape index (κ1) is 17.2. The highest BCUT2D eigenvalue weighted by Gasteiger charge is 2.15. The monoisotopic (exact) mass is 354 g/mol. The maximum absolute atomic E-state index is 10.8. The molecule has 0 N–H and O–H groups in total. The van der Waals surface area contributed by atoms with Crippen LogP contribution in [-0.2, 0) is 6.54 Å². The van der Waals surface area contributed by atoms with Crippen molar-refractivity contribution in [2.45, 2.75) is 25.0 Å². The van der Waals surface area contributed by atoms with E-state index >= 15 is 0 Å². The topological polar surface area (TPSA) is 73.8 Å². The molecule has 0 fully saturated rings. The van der Waals surface area contributed by atoms with E-state index in [1.54, 1.807) is 23.9 Å². The number of benzene rings is 2. The van der Waals surface area contributed by atoms with Crippen LogP contribution in [0.4, 0.5) is 5.69 Å². The van der Waals surface area contributed by atoms with Gasteiger partial charge in [0.25, 0.3) is 5.69 Å². The lowest BCUT2D eigenvalue weighted by molar-refractivity contribution is -0.384. The summed E-state index contributed by atoms with van der Waals surface area (Å²) in [5.41, 5.74) is 2.07. The summed E-state index contributed by atoms with van der Waals surface area (Å²) in [4.78, 5) is 10.4. The van der Waals surface area contributed by atoms with Crippen molar-refractivity contribution in [2.75, 3.05) is 5.75 Å². The van der Waals surface area contributed by atoms with Gasteiger partial charge in [-0.15, -0.1) is 10.2 Å². The molecule has 25 heavy (non-hydrogen) atoms. The Morgan fingerprint density at radius 1 is 1.08 bits per heavy atom. The summed E-state index contributed by atoms with van der Waals surface area (Å²) < 4.78 is 2.07. The molecule has 0 bridgehead atoms. The summed E-state index contributed by atoms with van der Waals surface area (Å²) in [6, 6.07) is 16.5. The quantitative estimate of drug-likeness (QED) is 0.357. The Hall–Kier alpha value is -2.67. The van der Waals surface area contributed by atoms with Crippen LogP contribution in [0.5, 0.6) is 0 Å². The van der Waals surface area contributed by atoms with E-state index in [4.69, 9.17) is 0 Å². The number of non-ortho nitro benzene ring substituents is 1. The SMILES string of the molecule is CCCSc1nnc(-c2ccccc2)n1Cc1ccc([N+](=O)[O-])cc1. The fourth-order valence-corrected chi connectivity index (χ4v) is 3.23. The minimum absolute atomic E-state index is 0.0939. The fraction of sp³-hybridized carbons (Fsp3) is 0.222. The molecule has 1 heterocycles. The van der Waals surface area contributed by atoms with Crippen molar-refractivity contribution in [3.05, 3.63) is 70.3 Å². The maximum Gasteiger partial charge on any atom is 0.269 e. The molecule has 0 amide bonds. The number of nitro benzene ring substituents is 1. The van der Waals surface area contributed by atoms with Gasteiger partial charge in [0.1, 0.15) is 0 Å². The molecule has 0 saturated carbocycles. The number of nitro groups is 1. The lowest BCUT2D eigenvalue weighted by atomic mass is 10.2. The van der Waals surface area contributed by atoms with Gasteiger partial charge in [0, 0.05) is 23.4 Å². The Morgan fingerprint density at radius 2 is 1.80 bits per heavy atom. The fourth-order valence-electron chi connectivity index (χ4n) is 2.44. The van der Waals surface area contributed by atoms with E-state index in [1.165, 1.54) is 12.1 Å². The summed E-state index contributed by atoms with van der Waals surface area (Å²) >= 11 is 1.67. The van der Waals surface area contributed by atoms with Crippen molar-refractivity contribution in [3.63, 3.8) is 0 Å². The van der Waals surface area contributed by atoms with Crippen LogP contribution in [0.15, 0.2) is 59.8 Å². The van der Waals surface area contributed by atoms with Crippen LogP contribution >= 0.6 is 11.8 Å². The second kappa shape index (κ2) is 7.94. The van der Waals surface area contributed by atoms with Crippen LogP contribution in [0, 0.1) is 10.1 Å². The van der Waals surface area contributed by atoms with Crippen LogP contribution in [0.2, 0.25) is 0 Å². The maximum atomic E-state index is 10.8. The summed E-state index contributed by atoms with van der Waals surface area (Å²) in [5.74, 6) is 1.77. The zero-order chi connectivity index (χ0) is 17.6. The number of hydrogen-bond donors (Lipinski definition) is 0. The van der Waals surface area contributed by atoms with Crippen molar-refractivity contribution in [1.29, 1.82) is 0 Å². The Morgan fingerprint density at radius 3 is 2.44 bits per heavy atom. The summed E-state index contributed by atoms with van der Waals surface area (Å²) in [5, 5.41) is 20.4. The number of nitrogens with zero attached hydrogens (tertiary/aromatic N) is 4. The molecule has 2 aromatic carbocycles. The minimum Gasteiger partial charge on any atom is -0.298 e. The van der Waals surface area contributed by atoms with E-state index in [9.17, 15) is 10.1 Å². The number of aromatic nitrogens is 3. The molecule has 3 aromatic rings. The molecule has 0 aliphatic carbocycles. The van der Waals surface area contributed by atoms with Crippen molar-refractivity contribution in [3.8, 4) is 11.4 Å². The molecule has 128 valence electrons. The van der Waals surface area contributed by atoms with E-state index in [-0.39, 0.29) is 10.6 Å². The standard InChI is InChI=1S/C18H18N4O2S/c1-2-12-25-18-20-19-17(15-6-4-3-5-7-15)21(18)13-14-8-10-16(11-9-14)22(23)24/h3-11H,2,12-13H2,1H3. The molecular formula is C18H18N4O2S. The van der Waals surface area contributed by atoms with Crippen LogP contribution in [0.1, 0.15) is 18.9 Å². The van der Waals surface area contributed by atoms with Gasteiger partial charge >= 0.3 is 0 Å². The van der Waals surface area contributed by atoms with Crippen molar-refractivity contribution < 1.29 is 4.92 Å². The van der Waals surface area contributed by atoms with Gasteiger partial charge in [-0.3, -0.25) is 14.7 Å². The Labute approximate surface area is 150 Å². The van der Waals surface area contributed by atoms with Crippen LogP contribution < -0.4 is 0 Å². The van der Waals surface area contributed by atoms with Crippen molar-refractivity contribution >= 4 is 17.4 Å². The van der Waals surface area contributed by atoms with E-state index in [0.29, 0.717) is 6.54 Å².